The van der Waals surface area contributed by atoms with Gasteiger partial charge in [0.1, 0.15) is 11.6 Å². The molecule has 4 aromatic carbocycles. The first-order valence-electron chi connectivity index (χ1n) is 10.6. The van der Waals surface area contributed by atoms with Gasteiger partial charge in [-0.15, -0.1) is 0 Å². The number of fused-ring (bicyclic) bond motifs is 1. The third-order valence-electron chi connectivity index (χ3n) is 5.59. The van der Waals surface area contributed by atoms with Crippen molar-refractivity contribution in [2.75, 3.05) is 6.61 Å². The minimum atomic E-state index is -4.40. The Morgan fingerprint density at radius 3 is 2.03 bits per heavy atom. The minimum Gasteiger partial charge on any atom is -0.484 e. The second-order valence-corrected chi connectivity index (χ2v) is 7.90. The van der Waals surface area contributed by atoms with E-state index in [-0.39, 0.29) is 11.6 Å². The van der Waals surface area contributed by atoms with Crippen LogP contribution in [0.25, 0.3) is 44.4 Å². The van der Waals surface area contributed by atoms with Crippen molar-refractivity contribution in [3.63, 3.8) is 0 Å². The van der Waals surface area contributed by atoms with Crippen molar-refractivity contribution in [2.24, 2.45) is 0 Å². The van der Waals surface area contributed by atoms with Gasteiger partial charge in [-0.3, -0.25) is 0 Å². The Morgan fingerprint density at radius 1 is 0.676 bits per heavy atom. The Morgan fingerprint density at radius 2 is 1.35 bits per heavy atom. The number of alkyl halides is 3. The number of aromatic nitrogens is 1. The second-order valence-electron chi connectivity index (χ2n) is 7.90. The van der Waals surface area contributed by atoms with E-state index in [9.17, 15) is 17.6 Å². The molecule has 5 rings (SSSR count). The molecule has 0 aliphatic rings. The van der Waals surface area contributed by atoms with Crippen LogP contribution in [0.1, 0.15) is 0 Å². The summed E-state index contributed by atoms with van der Waals surface area (Å²) in [5.74, 6) is -0.160. The summed E-state index contributed by atoms with van der Waals surface area (Å²) < 4.78 is 55.9. The number of aromatic amines is 1. The minimum absolute atomic E-state index is 0.144. The monoisotopic (exact) mass is 461 g/mol. The zero-order valence-electron chi connectivity index (χ0n) is 17.9. The molecule has 5 aromatic rings. The molecule has 0 atom stereocenters. The molecule has 1 heterocycles. The number of ether oxygens (including phenoxy) is 1. The van der Waals surface area contributed by atoms with E-state index in [2.05, 4.69) is 4.98 Å². The topological polar surface area (TPSA) is 25.0 Å². The second kappa shape index (κ2) is 8.71. The van der Waals surface area contributed by atoms with Crippen molar-refractivity contribution >= 4 is 10.9 Å². The average molecular weight is 461 g/mol. The van der Waals surface area contributed by atoms with Gasteiger partial charge in [-0.1, -0.05) is 54.6 Å². The fourth-order valence-electron chi connectivity index (χ4n) is 4.11. The summed E-state index contributed by atoms with van der Waals surface area (Å²) in [4.78, 5) is 3.48. The van der Waals surface area contributed by atoms with Gasteiger partial charge in [0, 0.05) is 16.5 Å². The maximum atomic E-state index is 13.6. The van der Waals surface area contributed by atoms with Gasteiger partial charge >= 0.3 is 6.18 Å². The summed E-state index contributed by atoms with van der Waals surface area (Å²) in [5, 5.41) is 0.979. The summed E-state index contributed by atoms with van der Waals surface area (Å²) in [6, 6.07) is 28.7. The van der Waals surface area contributed by atoms with Crippen LogP contribution in [0.3, 0.4) is 0 Å². The fraction of sp³-hybridized carbons (Fsp3) is 0.0714. The molecule has 34 heavy (non-hydrogen) atoms. The molecule has 1 aromatic heterocycles. The molecule has 6 heteroatoms. The lowest BCUT2D eigenvalue weighted by molar-refractivity contribution is -0.153. The van der Waals surface area contributed by atoms with E-state index in [1.54, 1.807) is 24.3 Å². The van der Waals surface area contributed by atoms with Gasteiger partial charge in [-0.2, -0.15) is 13.2 Å². The predicted molar refractivity (Wildman–Crippen MR) is 126 cm³/mol. The molecule has 0 bridgehead atoms. The molecule has 2 nitrogen and oxygen atoms in total. The smallest absolute Gasteiger partial charge is 0.422 e. The highest BCUT2D eigenvalue weighted by molar-refractivity contribution is 6.10. The number of hydrogen-bond donors (Lipinski definition) is 1. The van der Waals surface area contributed by atoms with Crippen LogP contribution in [0, 0.1) is 5.82 Å². The highest BCUT2D eigenvalue weighted by Crippen LogP contribution is 2.43. The molecule has 0 radical (unpaired) electrons. The number of nitrogens with one attached hydrogen (secondary N) is 1. The molecule has 1 N–H and O–H groups in total. The van der Waals surface area contributed by atoms with E-state index in [1.165, 1.54) is 24.3 Å². The lowest BCUT2D eigenvalue weighted by Gasteiger charge is -2.11. The highest BCUT2D eigenvalue weighted by Gasteiger charge is 2.28. The van der Waals surface area contributed by atoms with E-state index >= 15 is 0 Å². The first kappa shape index (κ1) is 21.8. The molecule has 0 unspecified atom stereocenters. The van der Waals surface area contributed by atoms with Crippen molar-refractivity contribution in [1.29, 1.82) is 0 Å². The van der Waals surface area contributed by atoms with Gasteiger partial charge in [0.05, 0.1) is 5.69 Å². The Labute approximate surface area is 193 Å². The van der Waals surface area contributed by atoms with Crippen molar-refractivity contribution in [1.82, 2.24) is 4.98 Å². The molecule has 170 valence electrons. The molecule has 0 aliphatic carbocycles. The lowest BCUT2D eigenvalue weighted by atomic mass is 9.93. The van der Waals surface area contributed by atoms with Crippen molar-refractivity contribution < 1.29 is 22.3 Å². The zero-order valence-corrected chi connectivity index (χ0v) is 17.9. The molecule has 0 saturated carbocycles. The van der Waals surface area contributed by atoms with E-state index in [0.717, 1.165) is 44.4 Å². The highest BCUT2D eigenvalue weighted by atomic mass is 19.4. The number of hydrogen-bond acceptors (Lipinski definition) is 1. The predicted octanol–water partition coefficient (Wildman–Crippen LogP) is 8.25. The Bertz CT molecular complexity index is 1420. The molecular formula is C28H19F4NO. The number of rotatable bonds is 5. The first-order chi connectivity index (χ1) is 16.4. The van der Waals surface area contributed by atoms with Crippen LogP contribution in [0.2, 0.25) is 0 Å². The molecule has 0 fully saturated rings. The first-order valence-corrected chi connectivity index (χ1v) is 10.6. The molecule has 0 amide bonds. The van der Waals surface area contributed by atoms with Gasteiger partial charge in [-0.25, -0.2) is 4.39 Å². The standard InChI is InChI=1S/C28H19F4NO/c29-21-13-9-18(10-14-21)23-7-4-8-24-26(23)25(19-5-2-1-3-6-19)27(33-24)20-11-15-22(16-12-20)34-17-28(30,31)32/h1-16,33H,17H2. The molecular weight excluding hydrogens is 442 g/mol. The molecule has 0 aliphatic heterocycles. The number of benzene rings is 4. The Kier molecular flexibility index (Phi) is 5.57. The molecule has 0 saturated heterocycles. The van der Waals surface area contributed by atoms with Crippen LogP contribution in [-0.4, -0.2) is 17.8 Å². The summed E-state index contributed by atoms with van der Waals surface area (Å²) in [6.07, 6.45) is -4.40. The summed E-state index contributed by atoms with van der Waals surface area (Å²) in [7, 11) is 0. The lowest BCUT2D eigenvalue weighted by Crippen LogP contribution is -2.19. The third-order valence-corrected chi connectivity index (χ3v) is 5.59. The zero-order chi connectivity index (χ0) is 23.7. The Balaban J connectivity index is 1.67. The maximum absolute atomic E-state index is 13.6. The van der Waals surface area contributed by atoms with Gasteiger partial charge in [0.25, 0.3) is 0 Å². The normalized spacial score (nSPS) is 11.6. The van der Waals surface area contributed by atoms with Crippen molar-refractivity contribution in [3.8, 4) is 39.3 Å². The maximum Gasteiger partial charge on any atom is 0.422 e. The quantitative estimate of drug-likeness (QED) is 0.262. The van der Waals surface area contributed by atoms with Gasteiger partial charge in [0.15, 0.2) is 6.61 Å². The van der Waals surface area contributed by atoms with Gasteiger partial charge in [0.2, 0.25) is 0 Å². The van der Waals surface area contributed by atoms with Crippen LogP contribution in [0.15, 0.2) is 97.1 Å². The van der Waals surface area contributed by atoms with Crippen molar-refractivity contribution in [3.05, 3.63) is 103 Å². The van der Waals surface area contributed by atoms with E-state index in [0.29, 0.717) is 0 Å². The van der Waals surface area contributed by atoms with E-state index in [1.807, 2.05) is 48.5 Å². The van der Waals surface area contributed by atoms with E-state index < -0.39 is 12.8 Å². The van der Waals surface area contributed by atoms with Crippen LogP contribution in [0.4, 0.5) is 17.6 Å². The molecule has 0 spiro atoms. The number of halogens is 4. The summed E-state index contributed by atoms with van der Waals surface area (Å²) in [5.41, 5.74) is 6.30. The van der Waals surface area contributed by atoms with E-state index in [4.69, 9.17) is 4.74 Å². The van der Waals surface area contributed by atoms with Crippen LogP contribution in [0.5, 0.6) is 5.75 Å². The van der Waals surface area contributed by atoms with Gasteiger partial charge < -0.3 is 9.72 Å². The Hall–Kier alpha value is -4.06. The largest absolute Gasteiger partial charge is 0.484 e. The van der Waals surface area contributed by atoms with Crippen LogP contribution in [-0.2, 0) is 0 Å². The number of H-pyrrole nitrogens is 1. The SMILES string of the molecule is Fc1ccc(-c2cccc3[nH]c(-c4ccc(OCC(F)(F)F)cc4)c(-c4ccccc4)c23)cc1. The van der Waals surface area contributed by atoms with Gasteiger partial charge in [-0.05, 0) is 64.7 Å². The van der Waals surface area contributed by atoms with Crippen LogP contribution < -0.4 is 4.74 Å². The van der Waals surface area contributed by atoms with Crippen LogP contribution >= 0.6 is 0 Å². The van der Waals surface area contributed by atoms with Crippen molar-refractivity contribution in [2.45, 2.75) is 6.18 Å². The summed E-state index contributed by atoms with van der Waals surface area (Å²) >= 11 is 0. The fourth-order valence-corrected chi connectivity index (χ4v) is 4.11. The third kappa shape index (κ3) is 4.39. The average Bonchev–Trinajstić information content (AvgIpc) is 3.23. The summed E-state index contributed by atoms with van der Waals surface area (Å²) in [6.45, 7) is -1.34.